The maximum absolute atomic E-state index is 12.6. The number of hydrogen-bond acceptors (Lipinski definition) is 5. The molecule has 0 aromatic heterocycles. The first-order valence-electron chi connectivity index (χ1n) is 8.50. The maximum Gasteiger partial charge on any atom is 0.285 e. The molecule has 0 aliphatic carbocycles. The monoisotopic (exact) mass is 369 g/mol. The number of morpholine rings is 1. The number of carbonyl (C=O) groups excluding carboxylic acids is 2. The molecule has 1 saturated heterocycles. The Balaban J connectivity index is 1.81. The fourth-order valence-electron chi connectivity index (χ4n) is 2.96. The largest absolute Gasteiger partial charge is 0.378 e. The first kappa shape index (κ1) is 18.5. The van der Waals surface area contributed by atoms with Crippen molar-refractivity contribution < 1.29 is 19.2 Å². The third-order valence-electron chi connectivity index (χ3n) is 4.33. The van der Waals surface area contributed by atoms with Crippen molar-refractivity contribution in [2.45, 2.75) is 6.92 Å². The maximum atomic E-state index is 12.6. The second-order valence-electron chi connectivity index (χ2n) is 6.17. The number of ether oxygens (including phenoxy) is 1. The van der Waals surface area contributed by atoms with E-state index < -0.39 is 10.8 Å². The molecule has 0 atom stereocenters. The fourth-order valence-corrected chi connectivity index (χ4v) is 2.96. The Morgan fingerprint density at radius 1 is 1.15 bits per heavy atom. The van der Waals surface area contributed by atoms with Crippen LogP contribution in [-0.4, -0.2) is 47.9 Å². The average Bonchev–Trinajstić information content (AvgIpc) is 2.67. The predicted octanol–water partition coefficient (Wildman–Crippen LogP) is 2.63. The van der Waals surface area contributed by atoms with Crippen LogP contribution < -0.4 is 5.32 Å². The third kappa shape index (κ3) is 4.12. The lowest BCUT2D eigenvalue weighted by atomic mass is 10.1. The molecule has 2 aromatic rings. The van der Waals surface area contributed by atoms with Crippen molar-refractivity contribution in [3.63, 3.8) is 0 Å². The number of aryl methyl sites for hydroxylation is 1. The lowest BCUT2D eigenvalue weighted by Gasteiger charge is -2.27. The summed E-state index contributed by atoms with van der Waals surface area (Å²) in [6.45, 7) is 3.62. The second kappa shape index (κ2) is 7.96. The molecule has 140 valence electrons. The first-order valence-corrected chi connectivity index (χ1v) is 8.50. The number of nitro benzene ring substituents is 1. The van der Waals surface area contributed by atoms with E-state index in [-0.39, 0.29) is 17.2 Å². The number of rotatable bonds is 4. The van der Waals surface area contributed by atoms with Crippen molar-refractivity contribution in [2.24, 2.45) is 0 Å². The molecule has 8 nitrogen and oxygen atoms in total. The van der Waals surface area contributed by atoms with Crippen molar-refractivity contribution in [3.05, 3.63) is 69.3 Å². The van der Waals surface area contributed by atoms with Gasteiger partial charge in [-0.2, -0.15) is 0 Å². The van der Waals surface area contributed by atoms with Gasteiger partial charge in [-0.15, -0.1) is 0 Å². The van der Waals surface area contributed by atoms with Crippen molar-refractivity contribution >= 4 is 23.2 Å². The highest BCUT2D eigenvalue weighted by Crippen LogP contribution is 2.24. The van der Waals surface area contributed by atoms with Gasteiger partial charge in [-0.05, 0) is 31.2 Å². The van der Waals surface area contributed by atoms with Crippen molar-refractivity contribution in [2.75, 3.05) is 31.6 Å². The van der Waals surface area contributed by atoms with Crippen molar-refractivity contribution in [3.8, 4) is 0 Å². The van der Waals surface area contributed by atoms with E-state index in [1.807, 2.05) is 0 Å². The number of nitro groups is 1. The Bertz CT molecular complexity index is 891. The highest BCUT2D eigenvalue weighted by Gasteiger charge is 2.23. The summed E-state index contributed by atoms with van der Waals surface area (Å²) < 4.78 is 5.25. The highest BCUT2D eigenvalue weighted by atomic mass is 16.6. The van der Waals surface area contributed by atoms with E-state index in [0.29, 0.717) is 43.1 Å². The van der Waals surface area contributed by atoms with Crippen LogP contribution in [0.3, 0.4) is 0 Å². The molecule has 8 heteroatoms. The highest BCUT2D eigenvalue weighted by molar-refractivity contribution is 6.08. The Morgan fingerprint density at radius 3 is 2.56 bits per heavy atom. The molecule has 1 aliphatic heterocycles. The number of nitrogens with zero attached hydrogens (tertiary/aromatic N) is 2. The summed E-state index contributed by atoms with van der Waals surface area (Å²) >= 11 is 0. The van der Waals surface area contributed by atoms with Crippen LogP contribution in [0.5, 0.6) is 0 Å². The third-order valence-corrected chi connectivity index (χ3v) is 4.33. The van der Waals surface area contributed by atoms with Gasteiger partial charge in [0.15, 0.2) is 0 Å². The molecule has 0 radical (unpaired) electrons. The van der Waals surface area contributed by atoms with Crippen LogP contribution in [0.25, 0.3) is 0 Å². The minimum Gasteiger partial charge on any atom is -0.378 e. The summed E-state index contributed by atoms with van der Waals surface area (Å²) in [5, 5.41) is 13.9. The van der Waals surface area contributed by atoms with Crippen LogP contribution in [0.4, 0.5) is 11.4 Å². The van der Waals surface area contributed by atoms with Crippen molar-refractivity contribution in [1.29, 1.82) is 0 Å². The summed E-state index contributed by atoms with van der Waals surface area (Å²) in [6, 6.07) is 11.1. The van der Waals surface area contributed by atoms with E-state index in [9.17, 15) is 19.7 Å². The molecule has 0 bridgehead atoms. The van der Waals surface area contributed by atoms with E-state index >= 15 is 0 Å². The SMILES string of the molecule is Cc1cccc(C(=O)Nc2cccc(C(=O)N3CCOCC3)c2)c1[N+](=O)[O-]. The van der Waals surface area contributed by atoms with Gasteiger partial charge in [0.25, 0.3) is 17.5 Å². The zero-order valence-electron chi connectivity index (χ0n) is 14.8. The van der Waals surface area contributed by atoms with E-state index in [1.54, 1.807) is 48.2 Å². The van der Waals surface area contributed by atoms with E-state index in [0.717, 1.165) is 0 Å². The molecule has 27 heavy (non-hydrogen) atoms. The normalized spacial score (nSPS) is 13.9. The van der Waals surface area contributed by atoms with Crippen molar-refractivity contribution in [1.82, 2.24) is 4.90 Å². The summed E-state index contributed by atoms with van der Waals surface area (Å²) in [7, 11) is 0. The standard InChI is InChI=1S/C19H19N3O5/c1-13-4-2-7-16(17(13)22(25)26)18(23)20-15-6-3-5-14(12-15)19(24)21-8-10-27-11-9-21/h2-7,12H,8-11H2,1H3,(H,20,23). The van der Waals surface area contributed by atoms with Gasteiger partial charge in [-0.1, -0.05) is 18.2 Å². The van der Waals surface area contributed by atoms with E-state index in [2.05, 4.69) is 5.32 Å². The Labute approximate surface area is 155 Å². The summed E-state index contributed by atoms with van der Waals surface area (Å²) in [5.74, 6) is -0.739. The number of carbonyl (C=O) groups is 2. The number of anilines is 1. The quantitative estimate of drug-likeness (QED) is 0.659. The molecule has 1 aliphatic rings. The molecule has 1 fully saturated rings. The van der Waals surface area contributed by atoms with Crippen LogP contribution in [0.1, 0.15) is 26.3 Å². The number of hydrogen-bond donors (Lipinski definition) is 1. The van der Waals surface area contributed by atoms with E-state index in [1.165, 1.54) is 6.07 Å². The van der Waals surface area contributed by atoms with Gasteiger partial charge in [0.1, 0.15) is 5.56 Å². The fraction of sp³-hybridized carbons (Fsp3) is 0.263. The zero-order chi connectivity index (χ0) is 19.4. The van der Waals surface area contributed by atoms with Crippen LogP contribution in [0.2, 0.25) is 0 Å². The minimum atomic E-state index is -0.596. The first-order chi connectivity index (χ1) is 13.0. The Morgan fingerprint density at radius 2 is 1.85 bits per heavy atom. The van der Waals surface area contributed by atoms with Crippen LogP contribution in [0, 0.1) is 17.0 Å². The molecule has 0 unspecified atom stereocenters. The Hall–Kier alpha value is -3.26. The van der Waals surface area contributed by atoms with Crippen LogP contribution in [-0.2, 0) is 4.74 Å². The lowest BCUT2D eigenvalue weighted by Crippen LogP contribution is -2.40. The van der Waals surface area contributed by atoms with Gasteiger partial charge >= 0.3 is 0 Å². The minimum absolute atomic E-state index is 0.0232. The van der Waals surface area contributed by atoms with Gasteiger partial charge in [-0.25, -0.2) is 0 Å². The predicted molar refractivity (Wildman–Crippen MR) is 99.0 cm³/mol. The number of nitrogens with one attached hydrogen (secondary N) is 1. The van der Waals surface area contributed by atoms with Gasteiger partial charge in [0, 0.05) is 29.9 Å². The van der Waals surface area contributed by atoms with Gasteiger partial charge < -0.3 is 15.0 Å². The molecule has 3 rings (SSSR count). The topological polar surface area (TPSA) is 102 Å². The van der Waals surface area contributed by atoms with Gasteiger partial charge in [-0.3, -0.25) is 19.7 Å². The second-order valence-corrected chi connectivity index (χ2v) is 6.17. The molecule has 2 aromatic carbocycles. The average molecular weight is 369 g/mol. The molecular formula is C19H19N3O5. The summed E-state index contributed by atoms with van der Waals surface area (Å²) in [6.07, 6.45) is 0. The molecule has 0 saturated carbocycles. The van der Waals surface area contributed by atoms with Gasteiger partial charge in [0.05, 0.1) is 18.1 Å². The van der Waals surface area contributed by atoms with Gasteiger partial charge in [0.2, 0.25) is 0 Å². The number of amides is 2. The summed E-state index contributed by atoms with van der Waals surface area (Å²) in [5.41, 5.74) is 0.993. The molecule has 2 amide bonds. The van der Waals surface area contributed by atoms with Crippen LogP contribution >= 0.6 is 0 Å². The van der Waals surface area contributed by atoms with E-state index in [4.69, 9.17) is 4.74 Å². The lowest BCUT2D eigenvalue weighted by molar-refractivity contribution is -0.385. The zero-order valence-corrected chi connectivity index (χ0v) is 14.8. The number of benzene rings is 2. The Kier molecular flexibility index (Phi) is 5.46. The number of para-hydroxylation sites is 1. The smallest absolute Gasteiger partial charge is 0.285 e. The molecular weight excluding hydrogens is 350 g/mol. The molecule has 1 heterocycles. The van der Waals surface area contributed by atoms with Crippen LogP contribution in [0.15, 0.2) is 42.5 Å². The summed E-state index contributed by atoms with van der Waals surface area (Å²) in [4.78, 5) is 37.5. The molecule has 1 N–H and O–H groups in total. The molecule has 0 spiro atoms.